The number of carbonyl (C=O) groups is 2. The lowest BCUT2D eigenvalue weighted by Crippen LogP contribution is -2.36. The summed E-state index contributed by atoms with van der Waals surface area (Å²) in [4.78, 5) is 27.2. The fourth-order valence-corrected chi connectivity index (χ4v) is 3.22. The van der Waals surface area contributed by atoms with E-state index < -0.39 is 0 Å². The molecule has 1 atom stereocenters. The second kappa shape index (κ2) is 9.20. The molecule has 0 saturated heterocycles. The molecule has 2 amide bonds. The number of amides is 2. The molecule has 1 heterocycles. The number of nitrogens with one attached hydrogen (secondary N) is 2. The molecule has 2 rings (SSSR count). The van der Waals surface area contributed by atoms with E-state index in [0.29, 0.717) is 18.7 Å². The minimum Gasteiger partial charge on any atom is -0.354 e. The van der Waals surface area contributed by atoms with Crippen molar-refractivity contribution in [2.45, 2.75) is 12.5 Å². The first-order valence-electron chi connectivity index (χ1n) is 7.87. The second-order valence-electron chi connectivity index (χ2n) is 5.67. The predicted octanol–water partition coefficient (Wildman–Crippen LogP) is 2.29. The van der Waals surface area contributed by atoms with Gasteiger partial charge in [-0.2, -0.15) is 0 Å². The minimum absolute atomic E-state index is 0.0632. The van der Waals surface area contributed by atoms with Crippen molar-refractivity contribution in [3.05, 3.63) is 58.3 Å². The van der Waals surface area contributed by atoms with Crippen LogP contribution in [0.25, 0.3) is 0 Å². The number of benzene rings is 1. The van der Waals surface area contributed by atoms with Gasteiger partial charge in [-0.25, -0.2) is 0 Å². The molecule has 2 N–H and O–H groups in total. The number of thiophene rings is 1. The molecule has 0 fully saturated rings. The Morgan fingerprint density at radius 3 is 2.46 bits per heavy atom. The summed E-state index contributed by atoms with van der Waals surface area (Å²) in [6.45, 7) is 0.879. The molecule has 2 aromatic rings. The lowest BCUT2D eigenvalue weighted by Gasteiger charge is -2.23. The van der Waals surface area contributed by atoms with Crippen LogP contribution in [0.15, 0.2) is 47.8 Å². The van der Waals surface area contributed by atoms with Gasteiger partial charge in [0.25, 0.3) is 5.91 Å². The van der Waals surface area contributed by atoms with Crippen LogP contribution in [-0.4, -0.2) is 43.9 Å². The van der Waals surface area contributed by atoms with Crippen LogP contribution in [0.3, 0.4) is 0 Å². The first-order chi connectivity index (χ1) is 11.6. The molecule has 0 radical (unpaired) electrons. The van der Waals surface area contributed by atoms with E-state index in [-0.39, 0.29) is 24.3 Å². The Balaban J connectivity index is 1.72. The zero-order chi connectivity index (χ0) is 17.4. The van der Waals surface area contributed by atoms with Gasteiger partial charge in [-0.05, 0) is 37.7 Å². The van der Waals surface area contributed by atoms with Crippen LogP contribution in [0.1, 0.15) is 27.7 Å². The highest BCUT2D eigenvalue weighted by Gasteiger charge is 2.16. The average Bonchev–Trinajstić information content (AvgIpc) is 3.09. The molecule has 1 aromatic carbocycles. The van der Waals surface area contributed by atoms with Crippen molar-refractivity contribution in [1.82, 2.24) is 15.5 Å². The molecule has 1 aromatic heterocycles. The molecule has 1 unspecified atom stereocenters. The highest BCUT2D eigenvalue weighted by molar-refractivity contribution is 7.10. The molecule has 0 aliphatic carbocycles. The first kappa shape index (κ1) is 18.2. The van der Waals surface area contributed by atoms with Gasteiger partial charge in [-0.1, -0.05) is 24.3 Å². The first-order valence-corrected chi connectivity index (χ1v) is 8.75. The van der Waals surface area contributed by atoms with E-state index in [1.54, 1.807) is 23.5 Å². The normalized spacial score (nSPS) is 12.0. The van der Waals surface area contributed by atoms with E-state index >= 15 is 0 Å². The summed E-state index contributed by atoms with van der Waals surface area (Å²) in [5.41, 5.74) is 0.600. The molecular weight excluding hydrogens is 322 g/mol. The van der Waals surface area contributed by atoms with Crippen molar-refractivity contribution in [3.8, 4) is 0 Å². The van der Waals surface area contributed by atoms with E-state index in [9.17, 15) is 9.59 Å². The molecule has 0 saturated carbocycles. The summed E-state index contributed by atoms with van der Waals surface area (Å²) in [5, 5.41) is 7.73. The van der Waals surface area contributed by atoms with E-state index in [0.717, 1.165) is 0 Å². The summed E-state index contributed by atoms with van der Waals surface area (Å²) in [6, 6.07) is 13.2. The van der Waals surface area contributed by atoms with E-state index in [2.05, 4.69) is 21.6 Å². The number of hydrogen-bond acceptors (Lipinski definition) is 4. The average molecular weight is 345 g/mol. The SMILES string of the molecule is CN(C)C(CNC(=O)CCNC(=O)c1ccccc1)c1cccs1. The third-order valence-corrected chi connectivity index (χ3v) is 4.63. The third-order valence-electron chi connectivity index (χ3n) is 3.66. The number of carbonyl (C=O) groups excluding carboxylic acids is 2. The molecular formula is C18H23N3O2S. The van der Waals surface area contributed by atoms with Crippen LogP contribution < -0.4 is 10.6 Å². The van der Waals surface area contributed by atoms with Crippen molar-refractivity contribution in [1.29, 1.82) is 0 Å². The lowest BCUT2D eigenvalue weighted by molar-refractivity contribution is -0.121. The molecule has 128 valence electrons. The van der Waals surface area contributed by atoms with Gasteiger partial charge in [0.1, 0.15) is 0 Å². The van der Waals surface area contributed by atoms with Gasteiger partial charge in [-0.15, -0.1) is 11.3 Å². The van der Waals surface area contributed by atoms with Crippen LogP contribution >= 0.6 is 11.3 Å². The number of likely N-dealkylation sites (N-methyl/N-ethyl adjacent to an activating group) is 1. The third kappa shape index (κ3) is 5.47. The Labute approximate surface area is 146 Å². The standard InChI is InChI=1S/C18H23N3O2S/c1-21(2)15(16-9-6-12-24-16)13-20-17(22)10-11-19-18(23)14-7-4-3-5-8-14/h3-9,12,15H,10-11,13H2,1-2H3,(H,19,23)(H,20,22). The largest absolute Gasteiger partial charge is 0.354 e. The van der Waals surface area contributed by atoms with Crippen LogP contribution in [-0.2, 0) is 4.79 Å². The predicted molar refractivity (Wildman–Crippen MR) is 97.1 cm³/mol. The van der Waals surface area contributed by atoms with Crippen molar-refractivity contribution in [2.75, 3.05) is 27.2 Å². The smallest absolute Gasteiger partial charge is 0.251 e. The monoisotopic (exact) mass is 345 g/mol. The van der Waals surface area contributed by atoms with Crippen molar-refractivity contribution in [2.24, 2.45) is 0 Å². The summed E-state index contributed by atoms with van der Waals surface area (Å²) < 4.78 is 0. The maximum Gasteiger partial charge on any atom is 0.251 e. The lowest BCUT2D eigenvalue weighted by atomic mass is 10.2. The Bertz CT molecular complexity index is 642. The van der Waals surface area contributed by atoms with E-state index in [1.807, 2.05) is 43.7 Å². The van der Waals surface area contributed by atoms with Crippen LogP contribution in [0, 0.1) is 0 Å². The summed E-state index contributed by atoms with van der Waals surface area (Å²) >= 11 is 1.68. The van der Waals surface area contributed by atoms with E-state index in [4.69, 9.17) is 0 Å². The maximum absolute atomic E-state index is 12.0. The Morgan fingerprint density at radius 2 is 1.83 bits per heavy atom. The van der Waals surface area contributed by atoms with Gasteiger partial charge < -0.3 is 15.5 Å². The fourth-order valence-electron chi connectivity index (χ4n) is 2.30. The topological polar surface area (TPSA) is 61.4 Å². The summed E-state index contributed by atoms with van der Waals surface area (Å²) in [7, 11) is 3.99. The molecule has 24 heavy (non-hydrogen) atoms. The fraction of sp³-hybridized carbons (Fsp3) is 0.333. The molecule has 6 heteroatoms. The van der Waals surface area contributed by atoms with Gasteiger partial charge in [-0.3, -0.25) is 9.59 Å². The Morgan fingerprint density at radius 1 is 1.08 bits per heavy atom. The van der Waals surface area contributed by atoms with Crippen LogP contribution in [0.4, 0.5) is 0 Å². The van der Waals surface area contributed by atoms with Crippen LogP contribution in [0.5, 0.6) is 0 Å². The molecule has 0 spiro atoms. The van der Waals surface area contributed by atoms with Crippen molar-refractivity contribution in [3.63, 3.8) is 0 Å². The van der Waals surface area contributed by atoms with Crippen molar-refractivity contribution >= 4 is 23.2 Å². The zero-order valence-corrected chi connectivity index (χ0v) is 14.8. The molecule has 0 aliphatic rings. The minimum atomic E-state index is -0.159. The van der Waals surface area contributed by atoms with Gasteiger partial charge >= 0.3 is 0 Å². The number of nitrogens with zero attached hydrogens (tertiary/aromatic N) is 1. The quantitative estimate of drug-likeness (QED) is 0.772. The van der Waals surface area contributed by atoms with Gasteiger partial charge in [0.15, 0.2) is 0 Å². The molecule has 0 bridgehead atoms. The highest BCUT2D eigenvalue weighted by atomic mass is 32.1. The zero-order valence-electron chi connectivity index (χ0n) is 14.0. The number of rotatable bonds is 8. The molecule has 5 nitrogen and oxygen atoms in total. The van der Waals surface area contributed by atoms with Crippen LogP contribution in [0.2, 0.25) is 0 Å². The summed E-state index contributed by atoms with van der Waals surface area (Å²) in [5.74, 6) is -0.222. The van der Waals surface area contributed by atoms with Gasteiger partial charge in [0, 0.05) is 30.0 Å². The van der Waals surface area contributed by atoms with Gasteiger partial charge in [0.2, 0.25) is 5.91 Å². The van der Waals surface area contributed by atoms with E-state index in [1.165, 1.54) is 4.88 Å². The van der Waals surface area contributed by atoms with Crippen molar-refractivity contribution < 1.29 is 9.59 Å². The Hall–Kier alpha value is -2.18. The van der Waals surface area contributed by atoms with Gasteiger partial charge in [0.05, 0.1) is 6.04 Å². The summed E-state index contributed by atoms with van der Waals surface area (Å²) in [6.07, 6.45) is 0.267. The maximum atomic E-state index is 12.0. The Kier molecular flexibility index (Phi) is 6.96. The highest BCUT2D eigenvalue weighted by Crippen LogP contribution is 2.22. The molecule has 0 aliphatic heterocycles. The second-order valence-corrected chi connectivity index (χ2v) is 6.65. The number of hydrogen-bond donors (Lipinski definition) is 2.